The van der Waals surface area contributed by atoms with Gasteiger partial charge in [0.2, 0.25) is 0 Å². The van der Waals surface area contributed by atoms with E-state index in [-0.39, 0.29) is 0 Å². The van der Waals surface area contributed by atoms with Crippen LogP contribution in [-0.2, 0) is 6.54 Å². The maximum Gasteiger partial charge on any atom is 0.123 e. The van der Waals surface area contributed by atoms with Crippen molar-refractivity contribution in [1.29, 1.82) is 0 Å². The molecule has 2 rings (SSSR count). The van der Waals surface area contributed by atoms with E-state index in [0.29, 0.717) is 13.2 Å². The average Bonchev–Trinajstić information content (AvgIpc) is 2.50. The van der Waals surface area contributed by atoms with E-state index < -0.39 is 0 Å². The van der Waals surface area contributed by atoms with Crippen LogP contribution in [0.1, 0.15) is 17.5 Å². The van der Waals surface area contributed by atoms with Crippen molar-refractivity contribution in [2.45, 2.75) is 19.9 Å². The second-order valence-electron chi connectivity index (χ2n) is 5.01. The second kappa shape index (κ2) is 8.32. The lowest BCUT2D eigenvalue weighted by Gasteiger charge is -2.12. The summed E-state index contributed by atoms with van der Waals surface area (Å²) < 4.78 is 11.5. The Morgan fingerprint density at radius 2 is 1.71 bits per heavy atom. The number of nitrogens with one attached hydrogen (secondary N) is 1. The van der Waals surface area contributed by atoms with Crippen LogP contribution < -0.4 is 14.8 Å². The molecular formula is C18H23NO2. The largest absolute Gasteiger partial charge is 0.493 e. The molecule has 1 N–H and O–H groups in total. The average molecular weight is 285 g/mol. The highest BCUT2D eigenvalue weighted by Crippen LogP contribution is 2.20. The van der Waals surface area contributed by atoms with Gasteiger partial charge in [0, 0.05) is 18.5 Å². The van der Waals surface area contributed by atoms with Crippen LogP contribution in [0.3, 0.4) is 0 Å². The molecule has 0 amide bonds. The van der Waals surface area contributed by atoms with E-state index in [1.165, 1.54) is 11.1 Å². The summed E-state index contributed by atoms with van der Waals surface area (Å²) in [5.74, 6) is 1.86. The Balaban J connectivity index is 1.75. The smallest absolute Gasteiger partial charge is 0.123 e. The van der Waals surface area contributed by atoms with Crippen LogP contribution in [-0.4, -0.2) is 20.3 Å². The van der Waals surface area contributed by atoms with Gasteiger partial charge < -0.3 is 14.8 Å². The third-order valence-corrected chi connectivity index (χ3v) is 3.14. The minimum atomic E-state index is 0.659. The van der Waals surface area contributed by atoms with Crippen molar-refractivity contribution in [1.82, 2.24) is 5.32 Å². The molecule has 0 unspecified atom stereocenters. The summed E-state index contributed by atoms with van der Waals surface area (Å²) in [6, 6.07) is 16.1. The summed E-state index contributed by atoms with van der Waals surface area (Å²) in [6.07, 6.45) is 0.863. The Morgan fingerprint density at radius 3 is 2.48 bits per heavy atom. The lowest BCUT2D eigenvalue weighted by atomic mass is 10.1. The van der Waals surface area contributed by atoms with Gasteiger partial charge in [-0.1, -0.05) is 35.9 Å². The SMILES string of the molecule is CNCc1cc(C)ccc1OCCCOc1ccccc1. The molecule has 0 spiro atoms. The number of ether oxygens (including phenoxy) is 2. The molecule has 0 radical (unpaired) electrons. The molecule has 0 heterocycles. The van der Waals surface area contributed by atoms with Crippen molar-refractivity contribution >= 4 is 0 Å². The number of hydrogen-bond donors (Lipinski definition) is 1. The molecule has 0 aliphatic rings. The Kier molecular flexibility index (Phi) is 6.10. The number of rotatable bonds is 8. The van der Waals surface area contributed by atoms with Crippen molar-refractivity contribution in [3.63, 3.8) is 0 Å². The van der Waals surface area contributed by atoms with Crippen LogP contribution in [0.4, 0.5) is 0 Å². The Bertz CT molecular complexity index is 540. The summed E-state index contributed by atoms with van der Waals surface area (Å²) in [4.78, 5) is 0. The number of para-hydroxylation sites is 1. The molecule has 2 aromatic rings. The van der Waals surface area contributed by atoms with Crippen LogP contribution in [0.5, 0.6) is 11.5 Å². The lowest BCUT2D eigenvalue weighted by Crippen LogP contribution is -2.10. The molecule has 112 valence electrons. The summed E-state index contributed by atoms with van der Waals surface area (Å²) in [7, 11) is 1.94. The number of hydrogen-bond acceptors (Lipinski definition) is 3. The Morgan fingerprint density at radius 1 is 0.952 bits per heavy atom. The molecule has 0 aliphatic heterocycles. The molecule has 0 aliphatic carbocycles. The number of benzene rings is 2. The summed E-state index contributed by atoms with van der Waals surface area (Å²) in [5.41, 5.74) is 2.45. The first-order valence-electron chi connectivity index (χ1n) is 7.34. The van der Waals surface area contributed by atoms with Gasteiger partial charge in [0.05, 0.1) is 13.2 Å². The first kappa shape index (κ1) is 15.4. The minimum Gasteiger partial charge on any atom is -0.493 e. The zero-order valence-electron chi connectivity index (χ0n) is 12.8. The Labute approximate surface area is 126 Å². The highest BCUT2D eigenvalue weighted by molar-refractivity contribution is 5.36. The van der Waals surface area contributed by atoms with E-state index in [2.05, 4.69) is 24.4 Å². The normalized spacial score (nSPS) is 10.4. The first-order chi connectivity index (χ1) is 10.3. The molecule has 3 heteroatoms. The van der Waals surface area contributed by atoms with Crippen LogP contribution in [0, 0.1) is 6.92 Å². The molecular weight excluding hydrogens is 262 g/mol. The predicted octanol–water partition coefficient (Wildman–Crippen LogP) is 3.56. The van der Waals surface area contributed by atoms with Gasteiger partial charge in [0.15, 0.2) is 0 Å². The molecule has 2 aromatic carbocycles. The molecule has 0 aromatic heterocycles. The minimum absolute atomic E-state index is 0.659. The summed E-state index contributed by atoms with van der Waals surface area (Å²) in [5, 5.41) is 3.17. The van der Waals surface area contributed by atoms with Crippen LogP contribution in [0.25, 0.3) is 0 Å². The third kappa shape index (κ3) is 5.12. The van der Waals surface area contributed by atoms with Crippen molar-refractivity contribution < 1.29 is 9.47 Å². The lowest BCUT2D eigenvalue weighted by molar-refractivity contribution is 0.246. The fourth-order valence-electron chi connectivity index (χ4n) is 2.13. The maximum atomic E-state index is 5.86. The van der Waals surface area contributed by atoms with Crippen molar-refractivity contribution in [2.75, 3.05) is 20.3 Å². The van der Waals surface area contributed by atoms with Gasteiger partial charge >= 0.3 is 0 Å². The molecule has 0 bridgehead atoms. The van der Waals surface area contributed by atoms with Crippen molar-refractivity contribution in [3.8, 4) is 11.5 Å². The fraction of sp³-hybridized carbons (Fsp3) is 0.333. The molecule has 0 fully saturated rings. The monoisotopic (exact) mass is 285 g/mol. The van der Waals surface area contributed by atoms with Gasteiger partial charge in [-0.05, 0) is 32.2 Å². The van der Waals surface area contributed by atoms with Gasteiger partial charge in [-0.3, -0.25) is 0 Å². The maximum absolute atomic E-state index is 5.86. The molecule has 0 saturated carbocycles. The van der Waals surface area contributed by atoms with Gasteiger partial charge in [-0.2, -0.15) is 0 Å². The highest BCUT2D eigenvalue weighted by atomic mass is 16.5. The van der Waals surface area contributed by atoms with Crippen LogP contribution >= 0.6 is 0 Å². The van der Waals surface area contributed by atoms with E-state index in [4.69, 9.17) is 9.47 Å². The van der Waals surface area contributed by atoms with E-state index >= 15 is 0 Å². The van der Waals surface area contributed by atoms with Crippen LogP contribution in [0.15, 0.2) is 48.5 Å². The zero-order chi connectivity index (χ0) is 14.9. The first-order valence-corrected chi connectivity index (χ1v) is 7.34. The van der Waals surface area contributed by atoms with Crippen molar-refractivity contribution in [2.24, 2.45) is 0 Å². The van der Waals surface area contributed by atoms with Gasteiger partial charge in [0.1, 0.15) is 11.5 Å². The van der Waals surface area contributed by atoms with Crippen molar-refractivity contribution in [3.05, 3.63) is 59.7 Å². The third-order valence-electron chi connectivity index (χ3n) is 3.14. The molecule has 0 saturated heterocycles. The van der Waals surface area contributed by atoms with Gasteiger partial charge in [-0.25, -0.2) is 0 Å². The zero-order valence-corrected chi connectivity index (χ0v) is 12.8. The van der Waals surface area contributed by atoms with E-state index in [1.807, 2.05) is 43.4 Å². The van der Waals surface area contributed by atoms with E-state index in [0.717, 1.165) is 24.5 Å². The van der Waals surface area contributed by atoms with E-state index in [9.17, 15) is 0 Å². The molecule has 0 atom stereocenters. The molecule has 21 heavy (non-hydrogen) atoms. The van der Waals surface area contributed by atoms with Gasteiger partial charge in [-0.15, -0.1) is 0 Å². The van der Waals surface area contributed by atoms with Gasteiger partial charge in [0.25, 0.3) is 0 Å². The van der Waals surface area contributed by atoms with E-state index in [1.54, 1.807) is 0 Å². The second-order valence-corrected chi connectivity index (χ2v) is 5.01. The van der Waals surface area contributed by atoms with Crippen LogP contribution in [0.2, 0.25) is 0 Å². The summed E-state index contributed by atoms with van der Waals surface area (Å²) in [6.45, 7) is 4.23. The Hall–Kier alpha value is -2.00. The predicted molar refractivity (Wildman–Crippen MR) is 86.0 cm³/mol. The molecule has 3 nitrogen and oxygen atoms in total. The topological polar surface area (TPSA) is 30.5 Å². The quantitative estimate of drug-likeness (QED) is 0.752. The number of aryl methyl sites for hydroxylation is 1. The highest BCUT2D eigenvalue weighted by Gasteiger charge is 2.03. The standard InChI is InChI=1S/C18H23NO2/c1-15-9-10-18(16(13-15)14-19-2)21-12-6-11-20-17-7-4-3-5-8-17/h3-5,7-10,13,19H,6,11-12,14H2,1-2H3. The fourth-order valence-corrected chi connectivity index (χ4v) is 2.13. The summed E-state index contributed by atoms with van der Waals surface area (Å²) >= 11 is 0.